The molecule has 0 saturated heterocycles. The molecule has 0 aliphatic heterocycles. The molecule has 0 saturated carbocycles. The van der Waals surface area contributed by atoms with Gasteiger partial charge in [0.1, 0.15) is 11.9 Å². The molecule has 0 bridgehead atoms. The van der Waals surface area contributed by atoms with Gasteiger partial charge >= 0.3 is 0 Å². The Balaban J connectivity index is 2.24. The number of nitrogens with one attached hydrogen (secondary N) is 2. The molecule has 0 heterocycles. The molecule has 0 unspecified atom stereocenters. The maximum absolute atomic E-state index is 13.9. The molecule has 27 heavy (non-hydrogen) atoms. The van der Waals surface area contributed by atoms with Crippen molar-refractivity contribution in [1.82, 2.24) is 5.32 Å². The summed E-state index contributed by atoms with van der Waals surface area (Å²) >= 11 is 0. The van der Waals surface area contributed by atoms with Crippen molar-refractivity contribution in [2.45, 2.75) is 46.6 Å². The third-order valence-corrected chi connectivity index (χ3v) is 4.53. The Morgan fingerprint density at radius 3 is 2.22 bits per heavy atom. The highest BCUT2D eigenvalue weighted by Gasteiger charge is 2.26. The molecular formula is C22H27FN2O2. The second-order valence-electron chi connectivity index (χ2n) is 7.36. The van der Waals surface area contributed by atoms with Gasteiger partial charge in [-0.2, -0.15) is 0 Å². The number of hydrogen-bond donors (Lipinski definition) is 2. The number of benzene rings is 2. The van der Waals surface area contributed by atoms with Crippen LogP contribution >= 0.6 is 0 Å². The fraction of sp³-hybridized carbons (Fsp3) is 0.364. The van der Waals surface area contributed by atoms with Gasteiger partial charge in [-0.05, 0) is 42.0 Å². The summed E-state index contributed by atoms with van der Waals surface area (Å²) in [7, 11) is 0. The highest BCUT2D eigenvalue weighted by molar-refractivity contribution is 6.02. The van der Waals surface area contributed by atoms with E-state index in [1.54, 1.807) is 6.07 Å². The number of carbonyl (C=O) groups is 2. The van der Waals surface area contributed by atoms with Crippen molar-refractivity contribution in [2.24, 2.45) is 5.92 Å². The van der Waals surface area contributed by atoms with Crippen LogP contribution in [0.1, 0.15) is 55.1 Å². The van der Waals surface area contributed by atoms with Crippen LogP contribution in [0.15, 0.2) is 42.5 Å². The molecule has 2 aromatic rings. The van der Waals surface area contributed by atoms with Crippen LogP contribution in [0, 0.1) is 18.7 Å². The molecule has 2 N–H and O–H groups in total. The normalized spacial score (nSPS) is 12.1. The topological polar surface area (TPSA) is 58.2 Å². The largest absolute Gasteiger partial charge is 0.340 e. The van der Waals surface area contributed by atoms with Gasteiger partial charge in [-0.1, -0.05) is 58.0 Å². The second-order valence-corrected chi connectivity index (χ2v) is 7.36. The van der Waals surface area contributed by atoms with E-state index in [9.17, 15) is 14.0 Å². The third kappa shape index (κ3) is 4.94. The molecule has 0 fully saturated rings. The highest BCUT2D eigenvalue weighted by Crippen LogP contribution is 2.27. The minimum atomic E-state index is -0.781. The first-order valence-corrected chi connectivity index (χ1v) is 9.18. The second kappa shape index (κ2) is 8.80. The predicted molar refractivity (Wildman–Crippen MR) is 106 cm³/mol. The summed E-state index contributed by atoms with van der Waals surface area (Å²) in [6.45, 7) is 9.73. The maximum atomic E-state index is 13.9. The molecule has 2 aromatic carbocycles. The van der Waals surface area contributed by atoms with Gasteiger partial charge in [0.25, 0.3) is 5.91 Å². The van der Waals surface area contributed by atoms with Crippen LogP contribution in [0.2, 0.25) is 0 Å². The molecule has 4 nitrogen and oxygen atoms in total. The lowest BCUT2D eigenvalue weighted by Gasteiger charge is -2.24. The molecular weight excluding hydrogens is 343 g/mol. The monoisotopic (exact) mass is 370 g/mol. The molecule has 0 spiro atoms. The van der Waals surface area contributed by atoms with Gasteiger partial charge in [-0.15, -0.1) is 0 Å². The lowest BCUT2D eigenvalue weighted by atomic mass is 9.97. The van der Waals surface area contributed by atoms with Crippen molar-refractivity contribution in [2.75, 3.05) is 5.32 Å². The zero-order chi connectivity index (χ0) is 20.1. The average molecular weight is 370 g/mol. The average Bonchev–Trinajstić information content (AvgIpc) is 2.60. The number of aryl methyl sites for hydroxylation is 1. The van der Waals surface area contributed by atoms with Gasteiger partial charge < -0.3 is 10.6 Å². The number of rotatable bonds is 6. The molecule has 144 valence electrons. The molecule has 2 rings (SSSR count). The fourth-order valence-corrected chi connectivity index (χ4v) is 2.94. The van der Waals surface area contributed by atoms with Gasteiger partial charge in [0, 0.05) is 5.69 Å². The number of amides is 2. The van der Waals surface area contributed by atoms with Gasteiger partial charge in [-0.25, -0.2) is 4.39 Å². The van der Waals surface area contributed by atoms with Crippen molar-refractivity contribution in [3.63, 3.8) is 0 Å². The highest BCUT2D eigenvalue weighted by atomic mass is 19.1. The molecule has 0 aliphatic carbocycles. The summed E-state index contributed by atoms with van der Waals surface area (Å²) in [5.74, 6) is -1.45. The quantitative estimate of drug-likeness (QED) is 0.777. The zero-order valence-electron chi connectivity index (χ0n) is 16.5. The van der Waals surface area contributed by atoms with Crippen LogP contribution in [0.25, 0.3) is 0 Å². The van der Waals surface area contributed by atoms with E-state index in [4.69, 9.17) is 0 Å². The van der Waals surface area contributed by atoms with E-state index in [0.717, 1.165) is 16.8 Å². The van der Waals surface area contributed by atoms with Crippen LogP contribution in [0.4, 0.5) is 10.1 Å². The van der Waals surface area contributed by atoms with Crippen molar-refractivity contribution in [3.8, 4) is 0 Å². The van der Waals surface area contributed by atoms with E-state index < -0.39 is 17.8 Å². The zero-order valence-corrected chi connectivity index (χ0v) is 16.5. The first-order chi connectivity index (χ1) is 12.7. The van der Waals surface area contributed by atoms with Crippen LogP contribution < -0.4 is 10.6 Å². The maximum Gasteiger partial charge on any atom is 0.254 e. The van der Waals surface area contributed by atoms with Gasteiger partial charge in [0.2, 0.25) is 5.91 Å². The van der Waals surface area contributed by atoms with Crippen LogP contribution in [-0.2, 0) is 4.79 Å². The molecule has 1 atom stereocenters. The summed E-state index contributed by atoms with van der Waals surface area (Å²) in [5.41, 5.74) is 2.68. The van der Waals surface area contributed by atoms with Crippen LogP contribution in [0.5, 0.6) is 0 Å². The van der Waals surface area contributed by atoms with Crippen molar-refractivity contribution < 1.29 is 14.0 Å². The Labute approximate surface area is 160 Å². The summed E-state index contributed by atoms with van der Waals surface area (Å²) in [6.07, 6.45) is 0. The number of hydrogen-bond acceptors (Lipinski definition) is 2. The van der Waals surface area contributed by atoms with E-state index in [1.807, 2.05) is 39.0 Å². The van der Waals surface area contributed by atoms with E-state index >= 15 is 0 Å². The predicted octanol–water partition coefficient (Wildman–Crippen LogP) is 4.65. The lowest BCUT2D eigenvalue weighted by Crippen LogP contribution is -2.47. The van der Waals surface area contributed by atoms with E-state index in [1.165, 1.54) is 18.2 Å². The van der Waals surface area contributed by atoms with Crippen molar-refractivity contribution in [1.29, 1.82) is 0 Å². The molecule has 5 heteroatoms. The van der Waals surface area contributed by atoms with E-state index in [-0.39, 0.29) is 23.3 Å². The first kappa shape index (κ1) is 20.6. The smallest absolute Gasteiger partial charge is 0.254 e. The van der Waals surface area contributed by atoms with E-state index in [2.05, 4.69) is 24.5 Å². The summed E-state index contributed by atoms with van der Waals surface area (Å²) in [4.78, 5) is 25.4. The van der Waals surface area contributed by atoms with Crippen molar-refractivity contribution in [3.05, 3.63) is 65.0 Å². The minimum absolute atomic E-state index is 0.0743. The van der Waals surface area contributed by atoms with E-state index in [0.29, 0.717) is 0 Å². The van der Waals surface area contributed by atoms with Crippen LogP contribution in [-0.4, -0.2) is 17.9 Å². The fourth-order valence-electron chi connectivity index (χ4n) is 2.94. The van der Waals surface area contributed by atoms with Gasteiger partial charge in [0.05, 0.1) is 5.56 Å². The SMILES string of the molecule is Cc1cccc(C(C)C)c1NC(=O)[C@@H](NC(=O)c1ccccc1F)C(C)C. The van der Waals surface area contributed by atoms with Gasteiger partial charge in [-0.3, -0.25) is 9.59 Å². The molecule has 0 aromatic heterocycles. The third-order valence-electron chi connectivity index (χ3n) is 4.53. The van der Waals surface area contributed by atoms with Crippen LogP contribution in [0.3, 0.4) is 0 Å². The number of anilines is 1. The summed E-state index contributed by atoms with van der Waals surface area (Å²) in [5, 5.41) is 5.64. The summed E-state index contributed by atoms with van der Waals surface area (Å²) in [6, 6.07) is 10.8. The molecule has 0 aliphatic rings. The number of para-hydroxylation sites is 1. The van der Waals surface area contributed by atoms with Gasteiger partial charge in [0.15, 0.2) is 0 Å². The van der Waals surface area contributed by atoms with Crippen molar-refractivity contribution >= 4 is 17.5 Å². The Morgan fingerprint density at radius 1 is 0.963 bits per heavy atom. The Kier molecular flexibility index (Phi) is 6.72. The number of halogens is 1. The number of carbonyl (C=O) groups excluding carboxylic acids is 2. The Hall–Kier alpha value is -2.69. The minimum Gasteiger partial charge on any atom is -0.340 e. The first-order valence-electron chi connectivity index (χ1n) is 9.18. The molecule has 2 amide bonds. The molecule has 0 radical (unpaired) electrons. The summed E-state index contributed by atoms with van der Waals surface area (Å²) < 4.78 is 13.9. The standard InChI is InChI=1S/C22H27FN2O2/c1-13(2)16-11-8-9-15(5)20(16)25-22(27)19(14(3)4)24-21(26)17-10-6-7-12-18(17)23/h6-14,19H,1-5H3,(H,24,26)(H,25,27)/t19-/m0/s1. The lowest BCUT2D eigenvalue weighted by molar-refractivity contribution is -0.118. The Morgan fingerprint density at radius 2 is 1.63 bits per heavy atom. The Bertz CT molecular complexity index is 831.